The van der Waals surface area contributed by atoms with Crippen LogP contribution in [0.4, 0.5) is 42.0 Å². The number of nitro benzene ring substituents is 1. The molecular formula is C21H20F3N5O3. The minimum atomic E-state index is -4.70. The number of nitrogens with zero attached hydrogens (tertiary/aromatic N) is 3. The van der Waals surface area contributed by atoms with Crippen molar-refractivity contribution in [1.29, 1.82) is 0 Å². The number of ether oxygens (including phenoxy) is 1. The summed E-state index contributed by atoms with van der Waals surface area (Å²) in [5.41, 5.74) is -1.08. The van der Waals surface area contributed by atoms with Crippen LogP contribution in [0.1, 0.15) is 26.3 Å². The quantitative estimate of drug-likeness (QED) is 0.349. The number of nitro groups is 1. The maximum atomic E-state index is 13.6. The number of halogens is 3. The molecule has 3 rings (SSSR count). The fourth-order valence-electron chi connectivity index (χ4n) is 2.66. The van der Waals surface area contributed by atoms with Gasteiger partial charge in [0.25, 0.3) is 5.69 Å². The Morgan fingerprint density at radius 3 is 2.25 bits per heavy atom. The molecule has 0 aliphatic heterocycles. The number of rotatable bonds is 6. The van der Waals surface area contributed by atoms with Crippen molar-refractivity contribution in [1.82, 2.24) is 9.97 Å². The highest BCUT2D eigenvalue weighted by molar-refractivity contribution is 5.68. The molecule has 0 fully saturated rings. The van der Waals surface area contributed by atoms with Gasteiger partial charge >= 0.3 is 6.18 Å². The zero-order valence-corrected chi connectivity index (χ0v) is 17.4. The summed E-state index contributed by atoms with van der Waals surface area (Å²) in [5, 5.41) is 16.2. The maximum Gasteiger partial charge on any atom is 0.421 e. The third-order valence-corrected chi connectivity index (χ3v) is 3.98. The Morgan fingerprint density at radius 2 is 1.66 bits per heavy atom. The van der Waals surface area contributed by atoms with E-state index in [9.17, 15) is 23.3 Å². The first kappa shape index (κ1) is 22.8. The van der Waals surface area contributed by atoms with E-state index in [0.717, 1.165) is 0 Å². The monoisotopic (exact) mass is 447 g/mol. The van der Waals surface area contributed by atoms with Crippen molar-refractivity contribution in [2.75, 3.05) is 10.6 Å². The molecular weight excluding hydrogens is 427 g/mol. The van der Waals surface area contributed by atoms with Gasteiger partial charge in [-0.25, -0.2) is 4.98 Å². The Labute approximate surface area is 181 Å². The van der Waals surface area contributed by atoms with Crippen LogP contribution in [0.3, 0.4) is 0 Å². The highest BCUT2D eigenvalue weighted by atomic mass is 19.4. The lowest BCUT2D eigenvalue weighted by Crippen LogP contribution is -2.23. The molecule has 1 heterocycles. The molecule has 0 bridgehead atoms. The molecule has 2 N–H and O–H groups in total. The molecule has 0 atom stereocenters. The minimum absolute atomic E-state index is 0.122. The summed E-state index contributed by atoms with van der Waals surface area (Å²) in [6.45, 7) is 5.46. The summed E-state index contributed by atoms with van der Waals surface area (Å²) in [6.07, 6.45) is -4.04. The van der Waals surface area contributed by atoms with Gasteiger partial charge in [-0.3, -0.25) is 10.1 Å². The predicted octanol–water partition coefficient (Wildman–Crippen LogP) is 6.07. The Morgan fingerprint density at radius 1 is 1.00 bits per heavy atom. The van der Waals surface area contributed by atoms with Crippen molar-refractivity contribution in [3.05, 3.63) is 70.4 Å². The van der Waals surface area contributed by atoms with Gasteiger partial charge in [-0.2, -0.15) is 18.2 Å². The lowest BCUT2D eigenvalue weighted by Gasteiger charge is -2.24. The van der Waals surface area contributed by atoms with Gasteiger partial charge in [-0.1, -0.05) is 12.1 Å². The van der Waals surface area contributed by atoms with Crippen LogP contribution in [0, 0.1) is 10.1 Å². The van der Waals surface area contributed by atoms with Gasteiger partial charge in [0.1, 0.15) is 22.7 Å². The number of hydrogen-bond donors (Lipinski definition) is 2. The van der Waals surface area contributed by atoms with Crippen LogP contribution >= 0.6 is 0 Å². The maximum absolute atomic E-state index is 13.6. The number of aromatic nitrogens is 2. The number of anilines is 4. The topological polar surface area (TPSA) is 102 Å². The molecule has 3 aromatic rings. The summed E-state index contributed by atoms with van der Waals surface area (Å²) < 4.78 is 46.5. The van der Waals surface area contributed by atoms with Crippen LogP contribution in [-0.4, -0.2) is 20.5 Å². The van der Waals surface area contributed by atoms with Gasteiger partial charge in [0, 0.05) is 24.0 Å². The Bertz CT molecular complexity index is 1110. The number of non-ortho nitro benzene ring substituents is 1. The van der Waals surface area contributed by atoms with Crippen molar-refractivity contribution >= 4 is 28.8 Å². The van der Waals surface area contributed by atoms with E-state index in [1.54, 1.807) is 24.3 Å². The van der Waals surface area contributed by atoms with E-state index in [-0.39, 0.29) is 11.6 Å². The molecule has 0 saturated carbocycles. The summed E-state index contributed by atoms with van der Waals surface area (Å²) in [4.78, 5) is 17.9. The van der Waals surface area contributed by atoms with Crippen molar-refractivity contribution < 1.29 is 22.8 Å². The summed E-state index contributed by atoms with van der Waals surface area (Å²) in [6, 6.07) is 11.9. The SMILES string of the molecule is CC(C)(C)Oc1ccccc1Nc1nc(Nc2ccc([N+](=O)[O-])cc2)ncc1C(F)(F)F. The molecule has 0 radical (unpaired) electrons. The first-order valence-electron chi connectivity index (χ1n) is 9.43. The van der Waals surface area contributed by atoms with Crippen LogP contribution in [0.15, 0.2) is 54.7 Å². The normalized spacial score (nSPS) is 11.7. The Balaban J connectivity index is 1.95. The average molecular weight is 447 g/mol. The van der Waals surface area contributed by atoms with Crippen LogP contribution in [-0.2, 0) is 6.18 Å². The Kier molecular flexibility index (Phi) is 6.19. The standard InChI is InChI=1S/C21H20F3N5O3/c1-20(2,3)32-17-7-5-4-6-16(17)27-18-15(21(22,23)24)12-25-19(28-18)26-13-8-10-14(11-9-13)29(30)31/h4-12H,1-3H3,(H2,25,26,27,28). The van der Waals surface area contributed by atoms with Crippen LogP contribution in [0.5, 0.6) is 5.75 Å². The van der Waals surface area contributed by atoms with E-state index in [4.69, 9.17) is 4.74 Å². The van der Waals surface area contributed by atoms with Crippen molar-refractivity contribution in [2.45, 2.75) is 32.5 Å². The molecule has 11 heteroatoms. The van der Waals surface area contributed by atoms with E-state index in [1.165, 1.54) is 24.3 Å². The largest absolute Gasteiger partial charge is 0.486 e. The molecule has 0 aliphatic carbocycles. The summed E-state index contributed by atoms with van der Waals surface area (Å²) in [5.74, 6) is -0.234. The molecule has 32 heavy (non-hydrogen) atoms. The third-order valence-electron chi connectivity index (χ3n) is 3.98. The number of alkyl halides is 3. The average Bonchev–Trinajstić information content (AvgIpc) is 2.68. The number of hydrogen-bond acceptors (Lipinski definition) is 7. The fraction of sp³-hybridized carbons (Fsp3) is 0.238. The second-order valence-electron chi connectivity index (χ2n) is 7.72. The van der Waals surface area contributed by atoms with Crippen molar-refractivity contribution in [2.24, 2.45) is 0 Å². The lowest BCUT2D eigenvalue weighted by molar-refractivity contribution is -0.384. The van der Waals surface area contributed by atoms with E-state index in [1.807, 2.05) is 20.8 Å². The number of para-hydroxylation sites is 2. The van der Waals surface area contributed by atoms with Crippen LogP contribution in [0.2, 0.25) is 0 Å². The fourth-order valence-corrected chi connectivity index (χ4v) is 2.66. The second kappa shape index (κ2) is 8.69. The molecule has 0 spiro atoms. The van der Waals surface area contributed by atoms with E-state index in [2.05, 4.69) is 20.6 Å². The van der Waals surface area contributed by atoms with Gasteiger partial charge in [0.05, 0.1) is 10.6 Å². The van der Waals surface area contributed by atoms with Gasteiger partial charge < -0.3 is 15.4 Å². The third kappa shape index (κ3) is 5.84. The zero-order chi connectivity index (χ0) is 23.5. The summed E-state index contributed by atoms with van der Waals surface area (Å²) in [7, 11) is 0. The molecule has 1 aromatic heterocycles. The minimum Gasteiger partial charge on any atom is -0.486 e. The molecule has 0 unspecified atom stereocenters. The van der Waals surface area contributed by atoms with E-state index >= 15 is 0 Å². The molecule has 0 aliphatic rings. The zero-order valence-electron chi connectivity index (χ0n) is 17.4. The Hall–Kier alpha value is -3.89. The molecule has 8 nitrogen and oxygen atoms in total. The van der Waals surface area contributed by atoms with E-state index in [0.29, 0.717) is 23.3 Å². The van der Waals surface area contributed by atoms with Gasteiger partial charge in [0.2, 0.25) is 5.95 Å². The highest BCUT2D eigenvalue weighted by Crippen LogP contribution is 2.37. The van der Waals surface area contributed by atoms with Crippen molar-refractivity contribution in [3.63, 3.8) is 0 Å². The molecule has 0 amide bonds. The smallest absolute Gasteiger partial charge is 0.421 e. The first-order chi connectivity index (χ1) is 14.9. The second-order valence-corrected chi connectivity index (χ2v) is 7.72. The predicted molar refractivity (Wildman–Crippen MR) is 114 cm³/mol. The van der Waals surface area contributed by atoms with Crippen LogP contribution in [0.25, 0.3) is 0 Å². The van der Waals surface area contributed by atoms with Crippen molar-refractivity contribution in [3.8, 4) is 5.75 Å². The van der Waals surface area contributed by atoms with Gasteiger partial charge in [-0.15, -0.1) is 0 Å². The molecule has 2 aromatic carbocycles. The van der Waals surface area contributed by atoms with E-state index < -0.39 is 28.1 Å². The number of benzene rings is 2. The highest BCUT2D eigenvalue weighted by Gasteiger charge is 2.35. The molecule has 168 valence electrons. The first-order valence-corrected chi connectivity index (χ1v) is 9.43. The molecule has 0 saturated heterocycles. The number of nitrogens with one attached hydrogen (secondary N) is 2. The van der Waals surface area contributed by atoms with Gasteiger partial charge in [-0.05, 0) is 45.0 Å². The van der Waals surface area contributed by atoms with Gasteiger partial charge in [0.15, 0.2) is 0 Å². The summed E-state index contributed by atoms with van der Waals surface area (Å²) >= 11 is 0. The van der Waals surface area contributed by atoms with Crippen LogP contribution < -0.4 is 15.4 Å². The lowest BCUT2D eigenvalue weighted by atomic mass is 10.2.